The van der Waals surface area contributed by atoms with Crippen molar-refractivity contribution < 1.29 is 5.11 Å². The van der Waals surface area contributed by atoms with Gasteiger partial charge in [-0.3, -0.25) is 0 Å². The first-order chi connectivity index (χ1) is 9.15. The van der Waals surface area contributed by atoms with Gasteiger partial charge in [-0.2, -0.15) is 0 Å². The highest BCUT2D eigenvalue weighted by molar-refractivity contribution is 5.33. The van der Waals surface area contributed by atoms with E-state index in [1.165, 1.54) is 22.5 Å². The molecule has 0 amide bonds. The Morgan fingerprint density at radius 1 is 1.21 bits per heavy atom. The summed E-state index contributed by atoms with van der Waals surface area (Å²) in [5.74, 6) is 0. The molecular weight excluding hydrogens is 234 g/mol. The first-order valence-electron chi connectivity index (χ1n) is 7.07. The molecule has 1 aromatic carbocycles. The molecule has 1 heterocycles. The quantitative estimate of drug-likeness (QED) is 0.872. The fourth-order valence-electron chi connectivity index (χ4n) is 3.04. The van der Waals surface area contributed by atoms with Gasteiger partial charge in [0.1, 0.15) is 0 Å². The normalized spacial score (nSPS) is 18.4. The highest BCUT2D eigenvalue weighted by Crippen LogP contribution is 2.32. The number of aliphatic hydroxyl groups excluding tert-OH is 1. The fraction of sp³-hybridized carbons (Fsp3) is 0.412. The fourth-order valence-corrected chi connectivity index (χ4v) is 3.04. The monoisotopic (exact) mass is 255 g/mol. The summed E-state index contributed by atoms with van der Waals surface area (Å²) in [6.45, 7) is 5.16. The van der Waals surface area contributed by atoms with E-state index in [1.54, 1.807) is 0 Å². The van der Waals surface area contributed by atoms with Gasteiger partial charge in [-0.1, -0.05) is 29.8 Å². The molecule has 3 rings (SSSR count). The van der Waals surface area contributed by atoms with Crippen molar-refractivity contribution in [2.45, 2.75) is 45.8 Å². The number of fused-ring (bicyclic) bond motifs is 1. The molecule has 1 unspecified atom stereocenters. The second kappa shape index (κ2) is 4.86. The van der Waals surface area contributed by atoms with Crippen molar-refractivity contribution in [1.82, 2.24) is 4.57 Å². The van der Waals surface area contributed by atoms with Crippen LogP contribution in [0.3, 0.4) is 0 Å². The Balaban J connectivity index is 1.95. The van der Waals surface area contributed by atoms with Crippen molar-refractivity contribution in [2.75, 3.05) is 0 Å². The maximum absolute atomic E-state index is 10.1. The third kappa shape index (κ3) is 2.33. The molecule has 0 fully saturated rings. The second-order valence-electron chi connectivity index (χ2n) is 5.67. The van der Waals surface area contributed by atoms with Crippen LogP contribution in [0.2, 0.25) is 0 Å². The van der Waals surface area contributed by atoms with Crippen molar-refractivity contribution in [3.05, 3.63) is 58.4 Å². The van der Waals surface area contributed by atoms with E-state index in [-0.39, 0.29) is 6.10 Å². The number of aryl methyl sites for hydroxylation is 2. The highest BCUT2D eigenvalue weighted by atomic mass is 16.3. The average Bonchev–Trinajstić information content (AvgIpc) is 2.71. The Hall–Kier alpha value is -1.54. The number of benzene rings is 1. The van der Waals surface area contributed by atoms with Crippen molar-refractivity contribution in [1.29, 1.82) is 0 Å². The molecule has 0 spiro atoms. The van der Waals surface area contributed by atoms with E-state index >= 15 is 0 Å². The first-order valence-corrected chi connectivity index (χ1v) is 7.07. The molecule has 1 N–H and O–H groups in total. The standard InChI is InChI=1S/C17H21NO/c1-12-6-8-14(9-7-12)11-18-13(2)10-15-16(18)4-3-5-17(15)19/h6-10,17,19H,3-5,11H2,1-2H3. The number of hydrogen-bond donors (Lipinski definition) is 1. The Bertz CT molecular complexity index is 580. The molecule has 100 valence electrons. The minimum Gasteiger partial charge on any atom is -0.388 e. The lowest BCUT2D eigenvalue weighted by Gasteiger charge is -2.20. The lowest BCUT2D eigenvalue weighted by atomic mass is 9.95. The first kappa shape index (κ1) is 12.5. The largest absolute Gasteiger partial charge is 0.388 e. The SMILES string of the molecule is Cc1ccc(Cn2c(C)cc3c2CCCC3O)cc1. The molecule has 2 heteroatoms. The van der Waals surface area contributed by atoms with Crippen LogP contribution in [0.15, 0.2) is 30.3 Å². The van der Waals surface area contributed by atoms with Gasteiger partial charge in [-0.15, -0.1) is 0 Å². The van der Waals surface area contributed by atoms with Crippen LogP contribution in [-0.4, -0.2) is 9.67 Å². The van der Waals surface area contributed by atoms with Gasteiger partial charge in [-0.05, 0) is 44.7 Å². The van der Waals surface area contributed by atoms with Gasteiger partial charge < -0.3 is 9.67 Å². The minimum absolute atomic E-state index is 0.262. The van der Waals surface area contributed by atoms with E-state index in [2.05, 4.69) is 48.7 Å². The van der Waals surface area contributed by atoms with E-state index in [1.807, 2.05) is 0 Å². The molecule has 0 aliphatic heterocycles. The molecule has 1 atom stereocenters. The van der Waals surface area contributed by atoms with Crippen LogP contribution in [0.4, 0.5) is 0 Å². The summed E-state index contributed by atoms with van der Waals surface area (Å²) in [5.41, 5.74) is 6.36. The van der Waals surface area contributed by atoms with Gasteiger partial charge >= 0.3 is 0 Å². The maximum atomic E-state index is 10.1. The van der Waals surface area contributed by atoms with Crippen LogP contribution in [0.5, 0.6) is 0 Å². The van der Waals surface area contributed by atoms with E-state index in [0.717, 1.165) is 31.4 Å². The number of rotatable bonds is 2. The van der Waals surface area contributed by atoms with Crippen LogP contribution in [0.1, 0.15) is 47.0 Å². The van der Waals surface area contributed by atoms with Crippen LogP contribution in [0.25, 0.3) is 0 Å². The molecule has 2 nitrogen and oxygen atoms in total. The number of aliphatic hydroxyl groups is 1. The van der Waals surface area contributed by atoms with Crippen molar-refractivity contribution in [3.63, 3.8) is 0 Å². The molecule has 19 heavy (non-hydrogen) atoms. The molecule has 1 aromatic heterocycles. The second-order valence-corrected chi connectivity index (χ2v) is 5.67. The van der Waals surface area contributed by atoms with Crippen LogP contribution in [0, 0.1) is 13.8 Å². The third-order valence-corrected chi connectivity index (χ3v) is 4.16. The number of hydrogen-bond acceptors (Lipinski definition) is 1. The molecule has 0 bridgehead atoms. The molecular formula is C17H21NO. The Morgan fingerprint density at radius 2 is 1.95 bits per heavy atom. The van der Waals surface area contributed by atoms with Gasteiger partial charge in [-0.25, -0.2) is 0 Å². The summed E-state index contributed by atoms with van der Waals surface area (Å²) in [5, 5.41) is 10.1. The van der Waals surface area contributed by atoms with Gasteiger partial charge in [0.15, 0.2) is 0 Å². The van der Waals surface area contributed by atoms with Gasteiger partial charge in [0.25, 0.3) is 0 Å². The summed E-state index contributed by atoms with van der Waals surface area (Å²) >= 11 is 0. The summed E-state index contributed by atoms with van der Waals surface area (Å²) < 4.78 is 2.36. The lowest BCUT2D eigenvalue weighted by Crippen LogP contribution is -2.13. The van der Waals surface area contributed by atoms with Crippen LogP contribution in [-0.2, 0) is 13.0 Å². The minimum atomic E-state index is -0.262. The number of aromatic nitrogens is 1. The Kier molecular flexibility index (Phi) is 3.19. The van der Waals surface area contributed by atoms with E-state index in [4.69, 9.17) is 0 Å². The Labute approximate surface area is 114 Å². The summed E-state index contributed by atoms with van der Waals surface area (Å²) in [6.07, 6.45) is 2.82. The van der Waals surface area contributed by atoms with Crippen molar-refractivity contribution >= 4 is 0 Å². The molecule has 1 aliphatic carbocycles. The van der Waals surface area contributed by atoms with Gasteiger partial charge in [0, 0.05) is 23.5 Å². The molecule has 0 saturated carbocycles. The lowest BCUT2D eigenvalue weighted by molar-refractivity contribution is 0.156. The van der Waals surface area contributed by atoms with Crippen molar-refractivity contribution in [3.8, 4) is 0 Å². The predicted octanol–water partition coefficient (Wildman–Crippen LogP) is 3.52. The van der Waals surface area contributed by atoms with E-state index in [0.29, 0.717) is 0 Å². The van der Waals surface area contributed by atoms with Crippen LogP contribution >= 0.6 is 0 Å². The summed E-state index contributed by atoms with van der Waals surface area (Å²) in [4.78, 5) is 0. The van der Waals surface area contributed by atoms with Gasteiger partial charge in [0.2, 0.25) is 0 Å². The van der Waals surface area contributed by atoms with Crippen molar-refractivity contribution in [2.24, 2.45) is 0 Å². The molecule has 1 aliphatic rings. The molecule has 2 aromatic rings. The van der Waals surface area contributed by atoms with E-state index < -0.39 is 0 Å². The maximum Gasteiger partial charge on any atom is 0.0807 e. The third-order valence-electron chi connectivity index (χ3n) is 4.16. The topological polar surface area (TPSA) is 25.2 Å². The predicted molar refractivity (Wildman–Crippen MR) is 77.3 cm³/mol. The average molecular weight is 255 g/mol. The van der Waals surface area contributed by atoms with Crippen LogP contribution < -0.4 is 0 Å². The molecule has 0 saturated heterocycles. The van der Waals surface area contributed by atoms with Gasteiger partial charge in [0.05, 0.1) is 6.10 Å². The zero-order valence-corrected chi connectivity index (χ0v) is 11.7. The number of nitrogens with zero attached hydrogens (tertiary/aromatic N) is 1. The summed E-state index contributed by atoms with van der Waals surface area (Å²) in [6, 6.07) is 10.9. The summed E-state index contributed by atoms with van der Waals surface area (Å²) in [7, 11) is 0. The Morgan fingerprint density at radius 3 is 2.68 bits per heavy atom. The zero-order chi connectivity index (χ0) is 13.4. The smallest absolute Gasteiger partial charge is 0.0807 e. The van der Waals surface area contributed by atoms with E-state index in [9.17, 15) is 5.11 Å². The molecule has 0 radical (unpaired) electrons. The highest BCUT2D eigenvalue weighted by Gasteiger charge is 2.22. The zero-order valence-electron chi connectivity index (χ0n) is 11.7.